The molecule has 0 aromatic carbocycles. The lowest BCUT2D eigenvalue weighted by Gasteiger charge is -2.19. The quantitative estimate of drug-likeness (QED) is 0.846. The Hall–Kier alpha value is -0.970. The van der Waals surface area contributed by atoms with Crippen LogP contribution in [0.15, 0.2) is 16.3 Å². The fourth-order valence-corrected chi connectivity index (χ4v) is 6.05. The molecule has 0 atom stereocenters. The molecular weight excluding hydrogens is 326 g/mol. The third-order valence-electron chi connectivity index (χ3n) is 2.96. The van der Waals surface area contributed by atoms with Crippen molar-refractivity contribution in [2.75, 3.05) is 24.6 Å². The molecule has 0 bridgehead atoms. The predicted octanol–water partition coefficient (Wildman–Crippen LogP) is 0.256. The van der Waals surface area contributed by atoms with E-state index in [4.69, 9.17) is 5.11 Å². The van der Waals surface area contributed by atoms with Crippen molar-refractivity contribution in [1.29, 1.82) is 0 Å². The number of thiophene rings is 1. The maximum atomic E-state index is 12.4. The zero-order valence-corrected chi connectivity index (χ0v) is 12.8. The molecule has 1 aliphatic rings. The number of carboxylic acid groups (broad SMARTS) is 1. The minimum absolute atomic E-state index is 0.0472. The zero-order chi connectivity index (χ0) is 15.0. The number of rotatable bonds is 3. The topological polar surface area (TPSA) is 109 Å². The van der Waals surface area contributed by atoms with Gasteiger partial charge in [-0.15, -0.1) is 11.3 Å². The van der Waals surface area contributed by atoms with Crippen molar-refractivity contribution in [3.05, 3.63) is 16.3 Å². The molecule has 1 aliphatic heterocycles. The summed E-state index contributed by atoms with van der Waals surface area (Å²) in [5.74, 6) is -1.59. The minimum Gasteiger partial charge on any atom is -0.477 e. The van der Waals surface area contributed by atoms with Gasteiger partial charge in [0.25, 0.3) is 0 Å². The van der Waals surface area contributed by atoms with E-state index >= 15 is 0 Å². The molecule has 1 aromatic heterocycles. The van der Waals surface area contributed by atoms with E-state index in [1.807, 2.05) is 0 Å². The summed E-state index contributed by atoms with van der Waals surface area (Å²) in [6.07, 6.45) is 0.216. The molecule has 0 spiro atoms. The van der Waals surface area contributed by atoms with Crippen molar-refractivity contribution in [2.24, 2.45) is 0 Å². The van der Waals surface area contributed by atoms with E-state index < -0.39 is 25.8 Å². The van der Waals surface area contributed by atoms with Gasteiger partial charge in [-0.1, -0.05) is 0 Å². The Balaban J connectivity index is 2.35. The molecule has 1 saturated heterocycles. The van der Waals surface area contributed by atoms with Gasteiger partial charge < -0.3 is 5.11 Å². The third-order valence-corrected chi connectivity index (χ3v) is 7.64. The molecule has 0 unspecified atom stereocenters. The van der Waals surface area contributed by atoms with Gasteiger partial charge in [0.2, 0.25) is 10.0 Å². The monoisotopic (exact) mass is 339 g/mol. The number of carboxylic acids is 1. The number of hydrogen-bond acceptors (Lipinski definition) is 6. The first kappa shape index (κ1) is 15.4. The van der Waals surface area contributed by atoms with Crippen molar-refractivity contribution in [1.82, 2.24) is 4.31 Å². The summed E-state index contributed by atoms with van der Waals surface area (Å²) < 4.78 is 48.9. The lowest BCUT2D eigenvalue weighted by molar-refractivity contribution is 0.0698. The zero-order valence-electron chi connectivity index (χ0n) is 10.4. The van der Waals surface area contributed by atoms with E-state index in [1.165, 1.54) is 11.4 Å². The highest BCUT2D eigenvalue weighted by atomic mass is 32.2. The Bertz CT molecular complexity index is 718. The second kappa shape index (κ2) is 5.43. The first-order valence-electron chi connectivity index (χ1n) is 5.75. The second-order valence-electron chi connectivity index (χ2n) is 4.33. The maximum Gasteiger partial charge on any atom is 0.347 e. The first-order valence-corrected chi connectivity index (χ1v) is 9.89. The van der Waals surface area contributed by atoms with E-state index in [9.17, 15) is 21.6 Å². The van der Waals surface area contributed by atoms with Gasteiger partial charge in [0.1, 0.15) is 9.77 Å². The Morgan fingerprint density at radius 1 is 1.30 bits per heavy atom. The maximum absolute atomic E-state index is 12.4. The Morgan fingerprint density at radius 3 is 2.65 bits per heavy atom. The van der Waals surface area contributed by atoms with Gasteiger partial charge in [-0.25, -0.2) is 21.6 Å². The van der Waals surface area contributed by atoms with Gasteiger partial charge in [0.05, 0.1) is 11.5 Å². The van der Waals surface area contributed by atoms with E-state index in [-0.39, 0.29) is 40.8 Å². The van der Waals surface area contributed by atoms with Crippen molar-refractivity contribution >= 4 is 37.2 Å². The molecular formula is C10H13NO6S3. The largest absolute Gasteiger partial charge is 0.477 e. The molecule has 112 valence electrons. The lowest BCUT2D eigenvalue weighted by Crippen LogP contribution is -2.34. The van der Waals surface area contributed by atoms with Gasteiger partial charge in [-0.05, 0) is 17.9 Å². The van der Waals surface area contributed by atoms with E-state index in [0.29, 0.717) is 0 Å². The molecule has 10 heteroatoms. The molecule has 0 amide bonds. The molecule has 2 heterocycles. The summed E-state index contributed by atoms with van der Waals surface area (Å²) in [7, 11) is -7.20. The molecule has 1 fully saturated rings. The molecule has 20 heavy (non-hydrogen) atoms. The van der Waals surface area contributed by atoms with Crippen LogP contribution in [0.3, 0.4) is 0 Å². The van der Waals surface area contributed by atoms with Crippen LogP contribution < -0.4 is 0 Å². The molecule has 1 N–H and O–H groups in total. The minimum atomic E-state index is -3.97. The van der Waals surface area contributed by atoms with Gasteiger partial charge in [0.15, 0.2) is 9.84 Å². The molecule has 0 saturated carbocycles. The number of aromatic carboxylic acids is 1. The highest BCUT2D eigenvalue weighted by molar-refractivity contribution is 7.91. The summed E-state index contributed by atoms with van der Waals surface area (Å²) in [6.45, 7) is -0.0595. The van der Waals surface area contributed by atoms with Crippen LogP contribution in [0.1, 0.15) is 16.1 Å². The summed E-state index contributed by atoms with van der Waals surface area (Å²) in [6, 6.07) is 1.24. The summed E-state index contributed by atoms with van der Waals surface area (Å²) in [4.78, 5) is 10.5. The Morgan fingerprint density at radius 2 is 2.00 bits per heavy atom. The van der Waals surface area contributed by atoms with Gasteiger partial charge in [-0.2, -0.15) is 4.31 Å². The molecule has 2 rings (SSSR count). The van der Waals surface area contributed by atoms with Gasteiger partial charge in [-0.3, -0.25) is 0 Å². The predicted molar refractivity (Wildman–Crippen MR) is 73.3 cm³/mol. The second-order valence-corrected chi connectivity index (χ2v) is 9.45. The lowest BCUT2D eigenvalue weighted by atomic mass is 10.5. The van der Waals surface area contributed by atoms with E-state index in [1.54, 1.807) is 0 Å². The van der Waals surface area contributed by atoms with Crippen LogP contribution in [-0.2, 0) is 19.9 Å². The van der Waals surface area contributed by atoms with Gasteiger partial charge in [0, 0.05) is 13.1 Å². The van der Waals surface area contributed by atoms with Crippen LogP contribution in [-0.4, -0.2) is 56.8 Å². The normalized spacial score (nSPS) is 20.4. The van der Waals surface area contributed by atoms with Crippen LogP contribution in [0.2, 0.25) is 0 Å². The Labute approximate surface area is 120 Å². The first-order chi connectivity index (χ1) is 9.24. The Kier molecular flexibility index (Phi) is 4.19. The third kappa shape index (κ3) is 3.03. The van der Waals surface area contributed by atoms with Crippen LogP contribution >= 0.6 is 11.3 Å². The van der Waals surface area contributed by atoms with Crippen LogP contribution in [0.4, 0.5) is 0 Å². The van der Waals surface area contributed by atoms with Crippen LogP contribution in [0.25, 0.3) is 0 Å². The van der Waals surface area contributed by atoms with Crippen LogP contribution in [0.5, 0.6) is 0 Å². The van der Waals surface area contributed by atoms with E-state index in [2.05, 4.69) is 0 Å². The SMILES string of the molecule is O=C(O)c1sccc1S(=O)(=O)N1CCCS(=O)(=O)CC1. The molecule has 0 aliphatic carbocycles. The summed E-state index contributed by atoms with van der Waals surface area (Å²) in [5.41, 5.74) is 0. The number of carbonyl (C=O) groups is 1. The molecule has 0 radical (unpaired) electrons. The molecule has 7 nitrogen and oxygen atoms in total. The number of hydrogen-bond donors (Lipinski definition) is 1. The van der Waals surface area contributed by atoms with Crippen molar-refractivity contribution in [2.45, 2.75) is 11.3 Å². The number of sulfone groups is 1. The summed E-state index contributed by atoms with van der Waals surface area (Å²) >= 11 is 0.830. The fraction of sp³-hybridized carbons (Fsp3) is 0.500. The summed E-state index contributed by atoms with van der Waals surface area (Å²) in [5, 5.41) is 10.4. The number of sulfonamides is 1. The molecule has 1 aromatic rings. The fourth-order valence-electron chi connectivity index (χ4n) is 1.95. The highest BCUT2D eigenvalue weighted by Crippen LogP contribution is 2.26. The number of nitrogens with zero attached hydrogens (tertiary/aromatic N) is 1. The highest BCUT2D eigenvalue weighted by Gasteiger charge is 2.32. The van der Waals surface area contributed by atoms with Crippen LogP contribution in [0, 0.1) is 0 Å². The van der Waals surface area contributed by atoms with Gasteiger partial charge >= 0.3 is 5.97 Å². The van der Waals surface area contributed by atoms with Crippen molar-refractivity contribution in [3.63, 3.8) is 0 Å². The average Bonchev–Trinajstić information content (AvgIpc) is 2.76. The average molecular weight is 339 g/mol. The standard InChI is InChI=1S/C10H13NO6S3/c12-10(13)9-8(2-5-18-9)20(16,17)11-3-1-6-19(14,15)7-4-11/h2,5H,1,3-4,6-7H2,(H,12,13). The van der Waals surface area contributed by atoms with Crippen molar-refractivity contribution in [3.8, 4) is 0 Å². The smallest absolute Gasteiger partial charge is 0.347 e. The van der Waals surface area contributed by atoms with E-state index in [0.717, 1.165) is 15.6 Å². The van der Waals surface area contributed by atoms with Crippen molar-refractivity contribution < 1.29 is 26.7 Å².